The predicted molar refractivity (Wildman–Crippen MR) is 131 cm³/mol. The molecule has 0 bridgehead atoms. The molecule has 1 aliphatic rings. The minimum atomic E-state index is 1.07. The monoisotopic (exact) mass is 503 g/mol. The molecule has 0 spiro atoms. The van der Waals surface area contributed by atoms with Crippen molar-refractivity contribution in [2.75, 3.05) is 0 Å². The van der Waals surface area contributed by atoms with Crippen LogP contribution in [0.2, 0.25) is 0 Å². The van der Waals surface area contributed by atoms with E-state index in [0.29, 0.717) is 0 Å². The first-order chi connectivity index (χ1) is 14.1. The van der Waals surface area contributed by atoms with Crippen molar-refractivity contribution < 1.29 is 0 Å². The maximum Gasteiger partial charge on any atom is 0.0500 e. The van der Waals surface area contributed by atoms with Crippen LogP contribution in [0.25, 0.3) is 32.9 Å². The van der Waals surface area contributed by atoms with E-state index in [0.717, 1.165) is 10.9 Å². The van der Waals surface area contributed by atoms with Crippen LogP contribution in [0.3, 0.4) is 0 Å². The maximum absolute atomic E-state index is 3.62. The van der Waals surface area contributed by atoms with Crippen LogP contribution in [0, 0.1) is 0 Å². The van der Waals surface area contributed by atoms with E-state index in [2.05, 4.69) is 128 Å². The van der Waals surface area contributed by atoms with Gasteiger partial charge >= 0.3 is 0 Å². The minimum Gasteiger partial charge on any atom is -0.344 e. The number of hydrogen-bond acceptors (Lipinski definition) is 0. The second-order valence-electron chi connectivity index (χ2n) is 7.32. The van der Waals surface area contributed by atoms with Crippen molar-refractivity contribution in [3.63, 3.8) is 0 Å². The molecule has 3 heteroatoms. The van der Waals surface area contributed by atoms with Crippen LogP contribution in [-0.2, 0) is 13.5 Å². The smallest absolute Gasteiger partial charge is 0.0500 e. The number of aromatic nitrogens is 1. The average Bonchev–Trinajstić information content (AvgIpc) is 3.26. The molecule has 0 aliphatic heterocycles. The molecule has 1 heterocycles. The van der Waals surface area contributed by atoms with E-state index in [4.69, 9.17) is 0 Å². The lowest BCUT2D eigenvalue weighted by Crippen LogP contribution is -1.85. The molecule has 5 aromatic rings. The van der Waals surface area contributed by atoms with Gasteiger partial charge in [0.1, 0.15) is 0 Å². The van der Waals surface area contributed by atoms with Crippen molar-refractivity contribution in [2.24, 2.45) is 7.05 Å². The molecule has 0 saturated carbocycles. The van der Waals surface area contributed by atoms with E-state index < -0.39 is 0 Å². The average molecular weight is 505 g/mol. The first-order valence-corrected chi connectivity index (χ1v) is 11.2. The van der Waals surface area contributed by atoms with Gasteiger partial charge in [-0.2, -0.15) is 0 Å². The zero-order chi connectivity index (χ0) is 20.0. The summed E-state index contributed by atoms with van der Waals surface area (Å²) in [4.78, 5) is 0. The van der Waals surface area contributed by atoms with Crippen molar-refractivity contribution in [1.29, 1.82) is 0 Å². The molecule has 0 fully saturated rings. The summed E-state index contributed by atoms with van der Waals surface area (Å²) in [6.07, 6.45) is 1.07. The largest absolute Gasteiger partial charge is 0.344 e. The van der Waals surface area contributed by atoms with Gasteiger partial charge in [0.25, 0.3) is 0 Å². The topological polar surface area (TPSA) is 4.93 Å². The number of benzene rings is 4. The molecule has 0 amide bonds. The number of hydrogen-bond donors (Lipinski definition) is 0. The Kier molecular flexibility index (Phi) is 4.81. The lowest BCUT2D eigenvalue weighted by Gasteiger charge is -2.02. The third kappa shape index (κ3) is 3.13. The summed E-state index contributed by atoms with van der Waals surface area (Å²) in [7, 11) is 2.11. The molecule has 142 valence electrons. The molecule has 1 aliphatic carbocycles. The molecule has 0 saturated heterocycles. The lowest BCUT2D eigenvalue weighted by molar-refractivity contribution is 1.01. The highest BCUT2D eigenvalue weighted by Gasteiger charge is 2.19. The van der Waals surface area contributed by atoms with Crippen molar-refractivity contribution in [3.8, 4) is 11.1 Å². The standard InChI is InChI=1S/C13H10BrN.C13H9Br/c1-15-11-7-3-2-5-9(11)13-10(14)6-4-8-12(13)15;14-12-7-3-5-10-8-9-4-1-2-6-11(9)13(10)12/h2-8H,1H3;1-7H,8H2. The minimum absolute atomic E-state index is 1.07. The molecule has 6 rings (SSSR count). The Morgan fingerprint density at radius 1 is 0.655 bits per heavy atom. The summed E-state index contributed by atoms with van der Waals surface area (Å²) in [5.41, 5.74) is 8.18. The summed E-state index contributed by atoms with van der Waals surface area (Å²) in [6.45, 7) is 0. The summed E-state index contributed by atoms with van der Waals surface area (Å²) in [6, 6.07) is 29.9. The van der Waals surface area contributed by atoms with Crippen molar-refractivity contribution in [3.05, 3.63) is 105 Å². The van der Waals surface area contributed by atoms with Crippen molar-refractivity contribution >= 4 is 53.7 Å². The van der Waals surface area contributed by atoms with E-state index in [-0.39, 0.29) is 0 Å². The molecule has 4 aromatic carbocycles. The number of nitrogens with zero attached hydrogens (tertiary/aromatic N) is 1. The molecule has 29 heavy (non-hydrogen) atoms. The number of aryl methyl sites for hydroxylation is 1. The normalized spacial score (nSPS) is 11.8. The lowest BCUT2D eigenvalue weighted by atomic mass is 10.1. The van der Waals surface area contributed by atoms with E-state index >= 15 is 0 Å². The molecule has 0 atom stereocenters. The van der Waals surface area contributed by atoms with E-state index in [1.807, 2.05) is 0 Å². The molecule has 0 unspecified atom stereocenters. The van der Waals surface area contributed by atoms with Gasteiger partial charge in [0.15, 0.2) is 0 Å². The van der Waals surface area contributed by atoms with Crippen LogP contribution in [0.5, 0.6) is 0 Å². The van der Waals surface area contributed by atoms with E-state index in [9.17, 15) is 0 Å². The second-order valence-corrected chi connectivity index (χ2v) is 9.03. The van der Waals surface area contributed by atoms with Crippen LogP contribution in [-0.4, -0.2) is 4.57 Å². The molecular formula is C26H19Br2N. The number of halogens is 2. The quantitative estimate of drug-likeness (QED) is 0.197. The van der Waals surface area contributed by atoms with Gasteiger partial charge in [-0.3, -0.25) is 0 Å². The van der Waals surface area contributed by atoms with Crippen LogP contribution in [0.4, 0.5) is 0 Å². The fraction of sp³-hybridized carbons (Fsp3) is 0.0769. The van der Waals surface area contributed by atoms with Gasteiger partial charge in [0, 0.05) is 37.8 Å². The highest BCUT2D eigenvalue weighted by molar-refractivity contribution is 9.11. The Hall–Kier alpha value is -2.36. The Morgan fingerprint density at radius 3 is 2.21 bits per heavy atom. The van der Waals surface area contributed by atoms with Crippen LogP contribution in [0.15, 0.2) is 93.9 Å². The molecule has 1 aromatic heterocycles. The molecule has 0 radical (unpaired) electrons. The predicted octanol–water partition coefficient (Wildman–Crippen LogP) is 8.11. The maximum atomic E-state index is 3.62. The van der Waals surface area contributed by atoms with Gasteiger partial charge in [-0.15, -0.1) is 0 Å². The van der Waals surface area contributed by atoms with Crippen LogP contribution in [0.1, 0.15) is 11.1 Å². The van der Waals surface area contributed by atoms with Gasteiger partial charge in [0.05, 0.1) is 0 Å². The van der Waals surface area contributed by atoms with Gasteiger partial charge < -0.3 is 4.57 Å². The Morgan fingerprint density at radius 2 is 1.31 bits per heavy atom. The summed E-state index contributed by atoms with van der Waals surface area (Å²) < 4.78 is 4.60. The van der Waals surface area contributed by atoms with Crippen molar-refractivity contribution in [1.82, 2.24) is 4.57 Å². The summed E-state index contributed by atoms with van der Waals surface area (Å²) in [5, 5.41) is 2.61. The van der Waals surface area contributed by atoms with Gasteiger partial charge in [-0.25, -0.2) is 0 Å². The van der Waals surface area contributed by atoms with Crippen LogP contribution < -0.4 is 0 Å². The Labute approximate surface area is 187 Å². The number of rotatable bonds is 0. The molecular weight excluding hydrogens is 486 g/mol. The molecule has 1 nitrogen and oxygen atoms in total. The summed E-state index contributed by atoms with van der Waals surface area (Å²) in [5.74, 6) is 0. The second kappa shape index (κ2) is 7.47. The third-order valence-electron chi connectivity index (χ3n) is 5.66. The zero-order valence-electron chi connectivity index (χ0n) is 16.0. The van der Waals surface area contributed by atoms with Gasteiger partial charge in [-0.05, 0) is 52.9 Å². The highest BCUT2D eigenvalue weighted by Crippen LogP contribution is 2.40. The first kappa shape index (κ1) is 18.7. The fourth-order valence-corrected chi connectivity index (χ4v) is 5.50. The highest BCUT2D eigenvalue weighted by atomic mass is 79.9. The Balaban J connectivity index is 0.000000125. The fourth-order valence-electron chi connectivity index (χ4n) is 4.31. The van der Waals surface area contributed by atoms with E-state index in [1.165, 1.54) is 48.5 Å². The molecule has 0 N–H and O–H groups in total. The summed E-state index contributed by atoms with van der Waals surface area (Å²) >= 11 is 7.24. The number of para-hydroxylation sites is 1. The van der Waals surface area contributed by atoms with E-state index in [1.54, 1.807) is 0 Å². The Bertz CT molecular complexity index is 1360. The number of fused-ring (bicyclic) bond motifs is 6. The van der Waals surface area contributed by atoms with Gasteiger partial charge in [-0.1, -0.05) is 92.5 Å². The third-order valence-corrected chi connectivity index (χ3v) is 6.98. The van der Waals surface area contributed by atoms with Gasteiger partial charge in [0.2, 0.25) is 0 Å². The first-order valence-electron chi connectivity index (χ1n) is 9.62. The van der Waals surface area contributed by atoms with Crippen LogP contribution >= 0.6 is 31.9 Å². The zero-order valence-corrected chi connectivity index (χ0v) is 19.2. The van der Waals surface area contributed by atoms with Crippen molar-refractivity contribution in [2.45, 2.75) is 6.42 Å². The SMILES string of the molecule is Brc1cccc2c1-c1ccccc1C2.Cn1c2ccccc2c2c(Br)cccc21.